The van der Waals surface area contributed by atoms with Crippen molar-refractivity contribution in [2.75, 3.05) is 13.3 Å². The highest BCUT2D eigenvalue weighted by Gasteiger charge is 2.16. The number of likely N-dealkylation sites (N-methyl/N-ethyl adjacent to an activating group) is 1. The van der Waals surface area contributed by atoms with E-state index in [1.807, 2.05) is 20.2 Å². The first-order valence-corrected chi connectivity index (χ1v) is 8.60. The van der Waals surface area contributed by atoms with Crippen LogP contribution in [0.3, 0.4) is 0 Å². The Hall–Kier alpha value is -1.33. The summed E-state index contributed by atoms with van der Waals surface area (Å²) in [6.45, 7) is 4.20. The van der Waals surface area contributed by atoms with Crippen LogP contribution in [-0.2, 0) is 23.3 Å². The Morgan fingerprint density at radius 1 is 1.35 bits per heavy atom. The highest BCUT2D eigenvalue weighted by molar-refractivity contribution is 7.90. The Bertz CT molecular complexity index is 745. The van der Waals surface area contributed by atoms with Crippen LogP contribution in [0, 0.1) is 6.92 Å². The van der Waals surface area contributed by atoms with E-state index < -0.39 is 9.84 Å². The number of nitrogens with one attached hydrogen (secondary N) is 1. The van der Waals surface area contributed by atoms with Crippen molar-refractivity contribution >= 4 is 20.7 Å². The van der Waals surface area contributed by atoms with Gasteiger partial charge in [-0.15, -0.1) is 0 Å². The lowest BCUT2D eigenvalue weighted by Crippen LogP contribution is -2.23. The van der Waals surface area contributed by atoms with Crippen molar-refractivity contribution in [3.63, 3.8) is 0 Å². The average molecular weight is 294 g/mol. The van der Waals surface area contributed by atoms with E-state index in [9.17, 15) is 8.42 Å². The molecule has 0 aliphatic heterocycles. The first-order valence-electron chi connectivity index (χ1n) is 6.71. The van der Waals surface area contributed by atoms with Gasteiger partial charge in [-0.05, 0) is 51.1 Å². The normalized spacial score (nSPS) is 13.8. The van der Waals surface area contributed by atoms with E-state index in [2.05, 4.69) is 23.7 Å². The average Bonchev–Trinajstić information content (AvgIpc) is 2.62. The molecule has 1 aromatic carbocycles. The van der Waals surface area contributed by atoms with E-state index in [4.69, 9.17) is 0 Å². The smallest absolute Gasteiger partial charge is 0.175 e. The molecule has 110 valence electrons. The van der Waals surface area contributed by atoms with Gasteiger partial charge in [-0.2, -0.15) is 0 Å². The molecule has 0 saturated heterocycles. The summed E-state index contributed by atoms with van der Waals surface area (Å²) >= 11 is 0. The molecule has 0 saturated carbocycles. The van der Waals surface area contributed by atoms with Crippen LogP contribution in [0.5, 0.6) is 0 Å². The van der Waals surface area contributed by atoms with Crippen LogP contribution < -0.4 is 5.32 Å². The number of hydrogen-bond donors (Lipinski definition) is 1. The molecule has 0 amide bonds. The fourth-order valence-electron chi connectivity index (χ4n) is 2.52. The molecule has 0 radical (unpaired) electrons. The topological polar surface area (TPSA) is 51.1 Å². The summed E-state index contributed by atoms with van der Waals surface area (Å²) in [5.41, 5.74) is 3.48. The molecular formula is C15H22N2O2S. The van der Waals surface area contributed by atoms with Gasteiger partial charge >= 0.3 is 0 Å². The second kappa shape index (κ2) is 5.22. The summed E-state index contributed by atoms with van der Waals surface area (Å²) < 4.78 is 25.6. The van der Waals surface area contributed by atoms with Crippen LogP contribution in [0.15, 0.2) is 23.1 Å². The molecule has 0 bridgehead atoms. The summed E-state index contributed by atoms with van der Waals surface area (Å²) in [6.07, 6.45) is 2.13. The number of nitrogens with zero attached hydrogens (tertiary/aromatic N) is 1. The van der Waals surface area contributed by atoms with Crippen molar-refractivity contribution < 1.29 is 8.42 Å². The van der Waals surface area contributed by atoms with Crippen LogP contribution in [-0.4, -0.2) is 32.3 Å². The monoisotopic (exact) mass is 294 g/mol. The van der Waals surface area contributed by atoms with Gasteiger partial charge in [0.1, 0.15) is 0 Å². The third kappa shape index (κ3) is 2.60. The summed E-state index contributed by atoms with van der Waals surface area (Å²) in [6, 6.07) is 5.73. The van der Waals surface area contributed by atoms with Gasteiger partial charge in [0.25, 0.3) is 0 Å². The van der Waals surface area contributed by atoms with Gasteiger partial charge in [-0.1, -0.05) is 0 Å². The first-order chi connectivity index (χ1) is 9.25. The number of sulfone groups is 1. The predicted molar refractivity (Wildman–Crippen MR) is 83.0 cm³/mol. The zero-order valence-electron chi connectivity index (χ0n) is 12.7. The molecule has 0 aliphatic carbocycles. The Morgan fingerprint density at radius 3 is 2.55 bits per heavy atom. The summed E-state index contributed by atoms with van der Waals surface area (Å²) in [4.78, 5) is 0.383. The molecule has 5 heteroatoms. The minimum Gasteiger partial charge on any atom is -0.348 e. The molecule has 0 spiro atoms. The Morgan fingerprint density at radius 2 is 2.00 bits per heavy atom. The van der Waals surface area contributed by atoms with Crippen LogP contribution in [0.1, 0.15) is 18.2 Å². The molecule has 20 heavy (non-hydrogen) atoms. The van der Waals surface area contributed by atoms with Gasteiger partial charge in [-0.3, -0.25) is 0 Å². The number of hydrogen-bond acceptors (Lipinski definition) is 3. The van der Waals surface area contributed by atoms with Crippen molar-refractivity contribution in [1.82, 2.24) is 9.88 Å². The molecule has 4 nitrogen and oxygen atoms in total. The third-order valence-electron chi connectivity index (χ3n) is 4.03. The Labute approximate surface area is 120 Å². The molecule has 2 aromatic rings. The number of aromatic nitrogens is 1. The van der Waals surface area contributed by atoms with Gasteiger partial charge < -0.3 is 9.88 Å². The highest BCUT2D eigenvalue weighted by atomic mass is 32.2. The van der Waals surface area contributed by atoms with Crippen molar-refractivity contribution in [3.05, 3.63) is 29.5 Å². The standard InChI is InChI=1S/C15H22N2O2S/c1-10(16-3)8-13-11(2)17(4)15-7-6-12(9-14(13)15)20(5,18)19/h6-7,9-10,16H,8H2,1-5H3. The lowest BCUT2D eigenvalue weighted by atomic mass is 10.0. The molecule has 2 rings (SSSR count). The first kappa shape index (κ1) is 15.1. The summed E-state index contributed by atoms with van der Waals surface area (Å²) in [5.74, 6) is 0. The van der Waals surface area contributed by atoms with Gasteiger partial charge in [0, 0.05) is 35.9 Å². The maximum absolute atomic E-state index is 11.7. The molecular weight excluding hydrogens is 272 g/mol. The zero-order valence-corrected chi connectivity index (χ0v) is 13.5. The van der Waals surface area contributed by atoms with Gasteiger partial charge in [0.2, 0.25) is 0 Å². The van der Waals surface area contributed by atoms with Crippen LogP contribution in [0.25, 0.3) is 10.9 Å². The maximum Gasteiger partial charge on any atom is 0.175 e. The SMILES string of the molecule is CNC(C)Cc1c(C)n(C)c2ccc(S(C)(=O)=O)cc12. The number of fused-ring (bicyclic) bond motifs is 1. The Balaban J connectivity index is 2.69. The van der Waals surface area contributed by atoms with Crippen LogP contribution in [0.4, 0.5) is 0 Å². The zero-order chi connectivity index (χ0) is 15.1. The van der Waals surface area contributed by atoms with Gasteiger partial charge in [-0.25, -0.2) is 8.42 Å². The van der Waals surface area contributed by atoms with E-state index in [-0.39, 0.29) is 0 Å². The fraction of sp³-hybridized carbons (Fsp3) is 0.467. The molecule has 1 N–H and O–H groups in total. The number of rotatable bonds is 4. The molecule has 1 unspecified atom stereocenters. The minimum absolute atomic E-state index is 0.348. The predicted octanol–water partition coefficient (Wildman–Crippen LogP) is 2.04. The molecule has 1 heterocycles. The summed E-state index contributed by atoms with van der Waals surface area (Å²) in [5, 5.41) is 4.27. The molecule has 0 aliphatic rings. The third-order valence-corrected chi connectivity index (χ3v) is 5.14. The number of aryl methyl sites for hydroxylation is 1. The van der Waals surface area contributed by atoms with Crippen molar-refractivity contribution in [2.24, 2.45) is 7.05 Å². The van der Waals surface area contributed by atoms with Crippen molar-refractivity contribution in [3.8, 4) is 0 Å². The lowest BCUT2D eigenvalue weighted by Gasteiger charge is -2.10. The molecule has 1 atom stereocenters. The van der Waals surface area contributed by atoms with Crippen molar-refractivity contribution in [2.45, 2.75) is 31.2 Å². The number of benzene rings is 1. The second-order valence-electron chi connectivity index (χ2n) is 5.47. The highest BCUT2D eigenvalue weighted by Crippen LogP contribution is 2.28. The largest absolute Gasteiger partial charge is 0.348 e. The summed E-state index contributed by atoms with van der Waals surface area (Å²) in [7, 11) is 0.783. The molecule has 0 fully saturated rings. The van der Waals surface area contributed by atoms with Crippen molar-refractivity contribution in [1.29, 1.82) is 0 Å². The Kier molecular flexibility index (Phi) is 3.93. The lowest BCUT2D eigenvalue weighted by molar-refractivity contribution is 0.602. The van der Waals surface area contributed by atoms with Crippen LogP contribution in [0.2, 0.25) is 0 Å². The molecule has 1 aromatic heterocycles. The van der Waals surface area contributed by atoms with E-state index in [0.717, 1.165) is 17.3 Å². The van der Waals surface area contributed by atoms with E-state index >= 15 is 0 Å². The van der Waals surface area contributed by atoms with Gasteiger partial charge in [0.15, 0.2) is 9.84 Å². The minimum atomic E-state index is -3.17. The quantitative estimate of drug-likeness (QED) is 0.939. The fourth-order valence-corrected chi connectivity index (χ4v) is 3.17. The van der Waals surface area contributed by atoms with E-state index in [1.165, 1.54) is 17.5 Å². The second-order valence-corrected chi connectivity index (χ2v) is 7.48. The van der Waals surface area contributed by atoms with E-state index in [1.54, 1.807) is 12.1 Å². The maximum atomic E-state index is 11.7. The van der Waals surface area contributed by atoms with E-state index in [0.29, 0.717) is 10.9 Å². The van der Waals surface area contributed by atoms with Crippen LogP contribution >= 0.6 is 0 Å². The van der Waals surface area contributed by atoms with Gasteiger partial charge in [0.05, 0.1) is 4.90 Å².